The van der Waals surface area contributed by atoms with Gasteiger partial charge in [-0.2, -0.15) is 0 Å². The van der Waals surface area contributed by atoms with E-state index in [4.69, 9.17) is 5.11 Å². The molecule has 5 nitrogen and oxygen atoms in total. The van der Waals surface area contributed by atoms with Gasteiger partial charge in [0, 0.05) is 44.2 Å². The first-order valence-electron chi connectivity index (χ1n) is 9.00. The molecule has 0 spiro atoms. The highest BCUT2D eigenvalue weighted by molar-refractivity contribution is 5.94. The molecule has 2 aromatic carbocycles. The fourth-order valence-electron chi connectivity index (χ4n) is 3.50. The van der Waals surface area contributed by atoms with E-state index in [0.717, 1.165) is 18.7 Å². The third kappa shape index (κ3) is 4.49. The Hall–Kier alpha value is -2.66. The van der Waals surface area contributed by atoms with E-state index in [1.165, 1.54) is 0 Å². The van der Waals surface area contributed by atoms with Crippen LogP contribution in [0.1, 0.15) is 34.8 Å². The molecule has 1 saturated heterocycles. The van der Waals surface area contributed by atoms with Crippen LogP contribution in [0.4, 0.5) is 0 Å². The molecule has 5 heteroatoms. The topological polar surface area (TPSA) is 60.9 Å². The number of aliphatic carboxylic acids is 1. The lowest BCUT2D eigenvalue weighted by atomic mass is 9.99. The van der Waals surface area contributed by atoms with Crippen LogP contribution in [0.5, 0.6) is 0 Å². The second-order valence-corrected chi connectivity index (χ2v) is 6.55. The summed E-state index contributed by atoms with van der Waals surface area (Å²) in [6.45, 7) is 2.81. The van der Waals surface area contributed by atoms with E-state index in [9.17, 15) is 9.59 Å². The SMILES string of the molecule is O=C(O)CC[C@@H](c1ccccc1)N1CCN(C(=O)c2ccccc2)CC1. The average Bonchev–Trinajstić information content (AvgIpc) is 2.69. The number of nitrogens with zero attached hydrogens (tertiary/aromatic N) is 2. The molecule has 2 aromatic rings. The van der Waals surface area contributed by atoms with Crippen LogP contribution in [0, 0.1) is 0 Å². The van der Waals surface area contributed by atoms with Crippen molar-refractivity contribution in [3.63, 3.8) is 0 Å². The van der Waals surface area contributed by atoms with Gasteiger partial charge in [0.25, 0.3) is 5.91 Å². The van der Waals surface area contributed by atoms with Gasteiger partial charge >= 0.3 is 5.97 Å². The summed E-state index contributed by atoms with van der Waals surface area (Å²) in [5.74, 6) is -0.712. The monoisotopic (exact) mass is 352 g/mol. The van der Waals surface area contributed by atoms with E-state index < -0.39 is 5.97 Å². The number of amides is 1. The first-order valence-corrected chi connectivity index (χ1v) is 9.00. The minimum atomic E-state index is -0.774. The molecular formula is C21H24N2O3. The van der Waals surface area contributed by atoms with Crippen LogP contribution < -0.4 is 0 Å². The predicted octanol–water partition coefficient (Wildman–Crippen LogP) is 3.05. The number of rotatable bonds is 6. The molecule has 0 unspecified atom stereocenters. The molecule has 0 aromatic heterocycles. The maximum Gasteiger partial charge on any atom is 0.303 e. The highest BCUT2D eigenvalue weighted by Crippen LogP contribution is 2.27. The van der Waals surface area contributed by atoms with Crippen LogP contribution in [-0.2, 0) is 4.79 Å². The van der Waals surface area contributed by atoms with E-state index >= 15 is 0 Å². The molecule has 1 N–H and O–H groups in total. The minimum absolute atomic E-state index is 0.0621. The van der Waals surface area contributed by atoms with Crippen molar-refractivity contribution < 1.29 is 14.7 Å². The molecule has 0 aliphatic carbocycles. The Balaban J connectivity index is 1.65. The van der Waals surface area contributed by atoms with Crippen molar-refractivity contribution in [2.75, 3.05) is 26.2 Å². The molecule has 3 rings (SSSR count). The fourth-order valence-corrected chi connectivity index (χ4v) is 3.50. The van der Waals surface area contributed by atoms with Gasteiger partial charge < -0.3 is 10.0 Å². The summed E-state index contributed by atoms with van der Waals surface area (Å²) < 4.78 is 0. The predicted molar refractivity (Wildman–Crippen MR) is 100.0 cm³/mol. The van der Waals surface area contributed by atoms with Crippen molar-refractivity contribution >= 4 is 11.9 Å². The molecule has 1 amide bonds. The van der Waals surface area contributed by atoms with Crippen LogP contribution in [0.3, 0.4) is 0 Å². The van der Waals surface area contributed by atoms with Gasteiger partial charge in [-0.1, -0.05) is 48.5 Å². The number of piperazine rings is 1. The van der Waals surface area contributed by atoms with Gasteiger partial charge in [0.2, 0.25) is 0 Å². The third-order valence-electron chi connectivity index (χ3n) is 4.88. The summed E-state index contributed by atoms with van der Waals surface area (Å²) in [6, 6.07) is 19.4. The van der Waals surface area contributed by atoms with E-state index in [0.29, 0.717) is 25.1 Å². The smallest absolute Gasteiger partial charge is 0.303 e. The lowest BCUT2D eigenvalue weighted by Crippen LogP contribution is -2.49. The highest BCUT2D eigenvalue weighted by Gasteiger charge is 2.27. The molecule has 0 radical (unpaired) electrons. The summed E-state index contributed by atoms with van der Waals surface area (Å²) in [5.41, 5.74) is 1.85. The largest absolute Gasteiger partial charge is 0.481 e. The molecule has 136 valence electrons. The molecule has 0 bridgehead atoms. The maximum atomic E-state index is 12.6. The van der Waals surface area contributed by atoms with Crippen molar-refractivity contribution in [1.82, 2.24) is 9.80 Å². The quantitative estimate of drug-likeness (QED) is 0.868. The number of benzene rings is 2. The number of carboxylic acids is 1. The third-order valence-corrected chi connectivity index (χ3v) is 4.88. The Morgan fingerprint density at radius 2 is 1.46 bits per heavy atom. The zero-order valence-electron chi connectivity index (χ0n) is 14.8. The van der Waals surface area contributed by atoms with Crippen LogP contribution in [0.25, 0.3) is 0 Å². The Kier molecular flexibility index (Phi) is 6.02. The average molecular weight is 352 g/mol. The molecule has 0 saturated carbocycles. The number of hydrogen-bond acceptors (Lipinski definition) is 3. The Morgan fingerprint density at radius 1 is 0.885 bits per heavy atom. The van der Waals surface area contributed by atoms with Gasteiger partial charge in [-0.15, -0.1) is 0 Å². The summed E-state index contributed by atoms with van der Waals surface area (Å²) in [5, 5.41) is 9.08. The summed E-state index contributed by atoms with van der Waals surface area (Å²) in [4.78, 5) is 27.8. The lowest BCUT2D eigenvalue weighted by molar-refractivity contribution is -0.137. The van der Waals surface area contributed by atoms with Crippen molar-refractivity contribution in [3.05, 3.63) is 71.8 Å². The van der Waals surface area contributed by atoms with Crippen molar-refractivity contribution in [2.24, 2.45) is 0 Å². The summed E-state index contributed by atoms with van der Waals surface area (Å²) >= 11 is 0. The van der Waals surface area contributed by atoms with E-state index in [1.54, 1.807) is 0 Å². The van der Waals surface area contributed by atoms with Gasteiger partial charge in [-0.25, -0.2) is 0 Å². The zero-order chi connectivity index (χ0) is 18.4. The van der Waals surface area contributed by atoms with Gasteiger partial charge in [-0.3, -0.25) is 14.5 Å². The fraction of sp³-hybridized carbons (Fsp3) is 0.333. The second-order valence-electron chi connectivity index (χ2n) is 6.55. The van der Waals surface area contributed by atoms with Gasteiger partial charge in [-0.05, 0) is 24.1 Å². The van der Waals surface area contributed by atoms with Crippen LogP contribution >= 0.6 is 0 Å². The van der Waals surface area contributed by atoms with Crippen LogP contribution in [0.15, 0.2) is 60.7 Å². The number of carbonyl (C=O) groups is 2. The zero-order valence-corrected chi connectivity index (χ0v) is 14.8. The second kappa shape index (κ2) is 8.63. The molecule has 1 fully saturated rings. The van der Waals surface area contributed by atoms with Crippen molar-refractivity contribution in [1.29, 1.82) is 0 Å². The molecule has 1 atom stereocenters. The van der Waals surface area contributed by atoms with E-state index in [1.807, 2.05) is 65.6 Å². The molecule has 1 aliphatic heterocycles. The first-order chi connectivity index (χ1) is 12.6. The Morgan fingerprint density at radius 3 is 2.04 bits per heavy atom. The van der Waals surface area contributed by atoms with Crippen molar-refractivity contribution in [3.8, 4) is 0 Å². The van der Waals surface area contributed by atoms with Gasteiger partial charge in [0.05, 0.1) is 0 Å². The molecular weight excluding hydrogens is 328 g/mol. The Bertz CT molecular complexity index is 725. The molecule has 26 heavy (non-hydrogen) atoms. The van der Waals surface area contributed by atoms with Crippen LogP contribution in [-0.4, -0.2) is 53.0 Å². The van der Waals surface area contributed by atoms with E-state index in [2.05, 4.69) is 4.90 Å². The molecule has 1 heterocycles. The lowest BCUT2D eigenvalue weighted by Gasteiger charge is -2.39. The number of carboxylic acid groups (broad SMARTS) is 1. The van der Waals surface area contributed by atoms with Gasteiger partial charge in [0.1, 0.15) is 0 Å². The maximum absolute atomic E-state index is 12.6. The highest BCUT2D eigenvalue weighted by atomic mass is 16.4. The summed E-state index contributed by atoms with van der Waals surface area (Å²) in [6.07, 6.45) is 0.717. The molecule has 1 aliphatic rings. The summed E-state index contributed by atoms with van der Waals surface area (Å²) in [7, 11) is 0. The van der Waals surface area contributed by atoms with Crippen LogP contribution in [0.2, 0.25) is 0 Å². The number of carbonyl (C=O) groups excluding carboxylic acids is 1. The standard InChI is InChI=1S/C21H24N2O3/c24-20(25)12-11-19(17-7-3-1-4-8-17)22-13-15-23(16-14-22)21(26)18-9-5-2-6-10-18/h1-10,19H,11-16H2,(H,24,25)/t19-/m0/s1. The van der Waals surface area contributed by atoms with Crippen molar-refractivity contribution in [2.45, 2.75) is 18.9 Å². The first kappa shape index (κ1) is 18.1. The van der Waals surface area contributed by atoms with Gasteiger partial charge in [0.15, 0.2) is 0 Å². The number of hydrogen-bond donors (Lipinski definition) is 1. The van der Waals surface area contributed by atoms with E-state index in [-0.39, 0.29) is 18.4 Å². The Labute approximate surface area is 153 Å². The minimum Gasteiger partial charge on any atom is -0.481 e. The normalized spacial score (nSPS) is 16.2.